The van der Waals surface area contributed by atoms with Crippen molar-refractivity contribution in [2.24, 2.45) is 5.73 Å². The van der Waals surface area contributed by atoms with E-state index in [1.165, 1.54) is 0 Å². The highest BCUT2D eigenvalue weighted by molar-refractivity contribution is 6.06. The summed E-state index contributed by atoms with van der Waals surface area (Å²) < 4.78 is 10.4. The third-order valence-corrected chi connectivity index (χ3v) is 3.64. The number of aromatic nitrogens is 1. The molecule has 4 N–H and O–H groups in total. The molecular formula is C18H24ClN3O4. The Labute approximate surface area is 158 Å². The van der Waals surface area contributed by atoms with Crippen LogP contribution in [0.25, 0.3) is 0 Å². The molecule has 7 nitrogen and oxygen atoms in total. The van der Waals surface area contributed by atoms with Crippen LogP contribution in [0, 0.1) is 13.8 Å². The van der Waals surface area contributed by atoms with Crippen molar-refractivity contribution in [1.29, 1.82) is 0 Å². The molecule has 0 saturated heterocycles. The van der Waals surface area contributed by atoms with E-state index in [0.29, 0.717) is 47.1 Å². The van der Waals surface area contributed by atoms with Crippen LogP contribution in [0.5, 0.6) is 5.75 Å². The van der Waals surface area contributed by atoms with Gasteiger partial charge < -0.3 is 25.5 Å². The van der Waals surface area contributed by atoms with Gasteiger partial charge in [-0.2, -0.15) is 0 Å². The van der Waals surface area contributed by atoms with Crippen molar-refractivity contribution < 1.29 is 19.1 Å². The molecular weight excluding hydrogens is 358 g/mol. The second-order valence-electron chi connectivity index (χ2n) is 5.46. The maximum atomic E-state index is 12.5. The quantitative estimate of drug-likeness (QED) is 0.639. The number of benzene rings is 1. The Morgan fingerprint density at radius 1 is 1.19 bits per heavy atom. The molecule has 0 aliphatic heterocycles. The van der Waals surface area contributed by atoms with Gasteiger partial charge in [0.05, 0.1) is 12.2 Å². The first-order chi connectivity index (χ1) is 12.0. The normalized spacial score (nSPS) is 10.0. The molecule has 1 aromatic carbocycles. The Kier molecular flexibility index (Phi) is 8.15. The molecule has 0 unspecified atom stereocenters. The van der Waals surface area contributed by atoms with E-state index in [2.05, 4.69) is 10.3 Å². The summed E-state index contributed by atoms with van der Waals surface area (Å²) in [6.07, 6.45) is 0. The molecule has 26 heavy (non-hydrogen) atoms. The van der Waals surface area contributed by atoms with Gasteiger partial charge in [-0.1, -0.05) is 0 Å². The Balaban J connectivity index is 0.00000338. The second-order valence-corrected chi connectivity index (χ2v) is 5.46. The van der Waals surface area contributed by atoms with Crippen molar-refractivity contribution in [2.75, 3.05) is 25.1 Å². The Bertz CT molecular complexity index is 757. The molecule has 0 saturated carbocycles. The highest BCUT2D eigenvalue weighted by Crippen LogP contribution is 2.21. The van der Waals surface area contributed by atoms with Crippen molar-refractivity contribution in [3.05, 3.63) is 46.8 Å². The van der Waals surface area contributed by atoms with Gasteiger partial charge in [-0.3, -0.25) is 4.79 Å². The summed E-state index contributed by atoms with van der Waals surface area (Å²) in [5, 5.41) is 2.79. The van der Waals surface area contributed by atoms with Crippen LogP contribution in [0.1, 0.15) is 39.0 Å². The molecule has 1 aromatic heterocycles. The lowest BCUT2D eigenvalue weighted by Crippen LogP contribution is -2.14. The monoisotopic (exact) mass is 381 g/mol. The van der Waals surface area contributed by atoms with Crippen LogP contribution >= 0.6 is 12.4 Å². The summed E-state index contributed by atoms with van der Waals surface area (Å²) in [6.45, 7) is 6.34. The predicted octanol–water partition coefficient (Wildman–Crippen LogP) is 2.82. The van der Waals surface area contributed by atoms with Crippen LogP contribution in [-0.2, 0) is 4.74 Å². The van der Waals surface area contributed by atoms with Crippen molar-refractivity contribution >= 4 is 30.0 Å². The van der Waals surface area contributed by atoms with Crippen LogP contribution in [0.3, 0.4) is 0 Å². The SMILES string of the molecule is CCOC(=O)c1c(C)[nH]c(C(=O)Nc2ccc(OCCN)cc2)c1C.Cl. The lowest BCUT2D eigenvalue weighted by atomic mass is 10.1. The molecule has 8 heteroatoms. The van der Waals surface area contributed by atoms with Gasteiger partial charge in [-0.15, -0.1) is 12.4 Å². The maximum absolute atomic E-state index is 12.5. The average molecular weight is 382 g/mol. The fraction of sp³-hybridized carbons (Fsp3) is 0.333. The number of hydrogen-bond donors (Lipinski definition) is 3. The first-order valence-corrected chi connectivity index (χ1v) is 8.08. The van der Waals surface area contributed by atoms with E-state index in [1.54, 1.807) is 45.0 Å². The highest BCUT2D eigenvalue weighted by atomic mass is 35.5. The summed E-state index contributed by atoms with van der Waals surface area (Å²) in [6, 6.07) is 6.98. The molecule has 142 valence electrons. The lowest BCUT2D eigenvalue weighted by molar-refractivity contribution is 0.0525. The minimum Gasteiger partial charge on any atom is -0.492 e. The zero-order valence-corrected chi connectivity index (χ0v) is 15.9. The van der Waals surface area contributed by atoms with Crippen molar-refractivity contribution in [2.45, 2.75) is 20.8 Å². The van der Waals surface area contributed by atoms with Crippen molar-refractivity contribution in [3.8, 4) is 5.75 Å². The first kappa shape index (κ1) is 21.5. The molecule has 1 amide bonds. The number of carbonyl (C=O) groups excluding carboxylic acids is 2. The molecule has 0 spiro atoms. The van der Waals surface area contributed by atoms with E-state index in [1.807, 2.05) is 0 Å². The molecule has 0 fully saturated rings. The molecule has 0 radical (unpaired) electrons. The number of hydrogen-bond acceptors (Lipinski definition) is 5. The van der Waals surface area contributed by atoms with Crippen LogP contribution in [0.15, 0.2) is 24.3 Å². The molecule has 0 aliphatic rings. The summed E-state index contributed by atoms with van der Waals surface area (Å²) in [4.78, 5) is 27.5. The predicted molar refractivity (Wildman–Crippen MR) is 102 cm³/mol. The maximum Gasteiger partial charge on any atom is 0.340 e. The number of H-pyrrole nitrogens is 1. The zero-order chi connectivity index (χ0) is 18.4. The topological polar surface area (TPSA) is 106 Å². The van der Waals surface area contributed by atoms with E-state index in [0.717, 1.165) is 0 Å². The number of ether oxygens (including phenoxy) is 2. The van der Waals surface area contributed by atoms with Gasteiger partial charge >= 0.3 is 5.97 Å². The van der Waals surface area contributed by atoms with E-state index in [9.17, 15) is 9.59 Å². The standard InChI is InChI=1S/C18H23N3O4.ClH/c1-4-24-18(23)15-11(2)16(20-12(15)3)17(22)21-13-5-7-14(8-6-13)25-10-9-19;/h5-8,20H,4,9-10,19H2,1-3H3,(H,21,22);1H. The molecule has 2 rings (SSSR count). The van der Waals surface area contributed by atoms with Gasteiger partial charge in [0.15, 0.2) is 0 Å². The van der Waals surface area contributed by atoms with E-state index in [4.69, 9.17) is 15.2 Å². The lowest BCUT2D eigenvalue weighted by Gasteiger charge is -2.08. The number of aromatic amines is 1. The number of nitrogens with two attached hydrogens (primary N) is 1. The number of amides is 1. The summed E-state index contributed by atoms with van der Waals surface area (Å²) >= 11 is 0. The highest BCUT2D eigenvalue weighted by Gasteiger charge is 2.22. The number of nitrogens with one attached hydrogen (secondary N) is 2. The molecule has 1 heterocycles. The van der Waals surface area contributed by atoms with Gasteiger partial charge in [0.2, 0.25) is 0 Å². The van der Waals surface area contributed by atoms with Crippen LogP contribution in [-0.4, -0.2) is 36.6 Å². The van der Waals surface area contributed by atoms with Gasteiger partial charge in [0.25, 0.3) is 5.91 Å². The number of anilines is 1. The zero-order valence-electron chi connectivity index (χ0n) is 15.0. The van der Waals surface area contributed by atoms with E-state index < -0.39 is 5.97 Å². The fourth-order valence-corrected chi connectivity index (χ4v) is 2.49. The van der Waals surface area contributed by atoms with Gasteiger partial charge in [0.1, 0.15) is 18.1 Å². The van der Waals surface area contributed by atoms with Crippen LogP contribution in [0.4, 0.5) is 5.69 Å². The number of rotatable bonds is 7. The summed E-state index contributed by atoms with van der Waals surface area (Å²) in [5.41, 5.74) is 7.91. The molecule has 0 aliphatic carbocycles. The van der Waals surface area contributed by atoms with Gasteiger partial charge in [-0.25, -0.2) is 4.79 Å². The van der Waals surface area contributed by atoms with Crippen LogP contribution < -0.4 is 15.8 Å². The minimum atomic E-state index is -0.436. The molecule has 0 atom stereocenters. The van der Waals surface area contributed by atoms with Crippen molar-refractivity contribution in [1.82, 2.24) is 4.98 Å². The smallest absolute Gasteiger partial charge is 0.340 e. The van der Waals surface area contributed by atoms with Gasteiger partial charge in [0, 0.05) is 17.9 Å². The largest absolute Gasteiger partial charge is 0.492 e. The minimum absolute atomic E-state index is 0. The number of aryl methyl sites for hydroxylation is 1. The Morgan fingerprint density at radius 3 is 2.42 bits per heavy atom. The molecule has 2 aromatic rings. The Morgan fingerprint density at radius 2 is 1.85 bits per heavy atom. The van der Waals surface area contributed by atoms with E-state index >= 15 is 0 Å². The average Bonchev–Trinajstić information content (AvgIpc) is 2.89. The fourth-order valence-electron chi connectivity index (χ4n) is 2.49. The van der Waals surface area contributed by atoms with Crippen LogP contribution in [0.2, 0.25) is 0 Å². The van der Waals surface area contributed by atoms with E-state index in [-0.39, 0.29) is 24.9 Å². The number of carbonyl (C=O) groups is 2. The first-order valence-electron chi connectivity index (χ1n) is 8.08. The van der Waals surface area contributed by atoms with Gasteiger partial charge in [-0.05, 0) is 50.6 Å². The third-order valence-electron chi connectivity index (χ3n) is 3.64. The number of halogens is 1. The second kappa shape index (κ2) is 9.84. The summed E-state index contributed by atoms with van der Waals surface area (Å²) in [7, 11) is 0. The Hall–Kier alpha value is -2.51. The molecule has 0 bridgehead atoms. The third kappa shape index (κ3) is 5.00. The van der Waals surface area contributed by atoms with Crippen molar-refractivity contribution in [3.63, 3.8) is 0 Å². The summed E-state index contributed by atoms with van der Waals surface area (Å²) in [5.74, 6) is -0.0825. The number of esters is 1.